The second kappa shape index (κ2) is 5.83. The smallest absolute Gasteiger partial charge is 0.0526 e. The van der Waals surface area contributed by atoms with Gasteiger partial charge in [-0.25, -0.2) is 0 Å². The molecule has 1 heteroatoms. The van der Waals surface area contributed by atoms with Crippen molar-refractivity contribution in [2.75, 3.05) is 13.2 Å². The SMILES string of the molecule is [CH2]CCOCC(C)C=C. The predicted molar refractivity (Wildman–Crippen MR) is 40.2 cm³/mol. The highest BCUT2D eigenvalue weighted by atomic mass is 16.5. The van der Waals surface area contributed by atoms with Crippen molar-refractivity contribution in [3.05, 3.63) is 19.6 Å². The Morgan fingerprint density at radius 1 is 1.67 bits per heavy atom. The summed E-state index contributed by atoms with van der Waals surface area (Å²) in [6.45, 7) is 10.9. The Balaban J connectivity index is 2.96. The van der Waals surface area contributed by atoms with Crippen molar-refractivity contribution in [3.8, 4) is 0 Å². The minimum Gasteiger partial charge on any atom is -0.381 e. The van der Waals surface area contributed by atoms with Gasteiger partial charge in [0.1, 0.15) is 0 Å². The lowest BCUT2D eigenvalue weighted by atomic mass is 10.2. The normalized spacial score (nSPS) is 13.1. The largest absolute Gasteiger partial charge is 0.381 e. The molecule has 1 unspecified atom stereocenters. The van der Waals surface area contributed by atoms with E-state index in [1.807, 2.05) is 6.08 Å². The van der Waals surface area contributed by atoms with Crippen LogP contribution in [0.15, 0.2) is 12.7 Å². The zero-order chi connectivity index (χ0) is 7.11. The van der Waals surface area contributed by atoms with E-state index in [-0.39, 0.29) is 0 Å². The molecule has 1 atom stereocenters. The molecule has 0 spiro atoms. The van der Waals surface area contributed by atoms with Crippen molar-refractivity contribution in [1.82, 2.24) is 0 Å². The average molecular weight is 127 g/mol. The predicted octanol–water partition coefficient (Wildman–Crippen LogP) is 2.05. The van der Waals surface area contributed by atoms with Crippen LogP contribution in [0.3, 0.4) is 0 Å². The maximum absolute atomic E-state index is 5.20. The minimum atomic E-state index is 0.469. The van der Waals surface area contributed by atoms with E-state index in [1.54, 1.807) is 0 Å². The Bertz CT molecular complexity index is 69.0. The molecule has 0 aromatic carbocycles. The van der Waals surface area contributed by atoms with Gasteiger partial charge in [-0.15, -0.1) is 6.58 Å². The van der Waals surface area contributed by atoms with Crippen LogP contribution in [-0.4, -0.2) is 13.2 Å². The lowest BCUT2D eigenvalue weighted by Gasteiger charge is -2.04. The second-order valence-electron chi connectivity index (χ2n) is 2.14. The van der Waals surface area contributed by atoms with Crippen LogP contribution in [0.2, 0.25) is 0 Å². The topological polar surface area (TPSA) is 9.23 Å². The summed E-state index contributed by atoms with van der Waals surface area (Å²) < 4.78 is 5.20. The molecule has 0 rings (SSSR count). The molecule has 0 N–H and O–H groups in total. The summed E-state index contributed by atoms with van der Waals surface area (Å²) in [5, 5.41) is 0. The van der Waals surface area contributed by atoms with E-state index in [0.29, 0.717) is 5.92 Å². The van der Waals surface area contributed by atoms with E-state index in [9.17, 15) is 0 Å². The molecule has 0 fully saturated rings. The molecule has 0 saturated heterocycles. The molecule has 0 aliphatic rings. The molecular weight excluding hydrogens is 112 g/mol. The Morgan fingerprint density at radius 2 is 2.33 bits per heavy atom. The molecule has 0 aliphatic heterocycles. The summed E-state index contributed by atoms with van der Waals surface area (Å²) in [5.74, 6) is 0.469. The third kappa shape index (κ3) is 5.57. The zero-order valence-corrected chi connectivity index (χ0v) is 6.10. The van der Waals surface area contributed by atoms with Gasteiger partial charge in [0.2, 0.25) is 0 Å². The van der Waals surface area contributed by atoms with Crippen LogP contribution in [0, 0.1) is 12.8 Å². The van der Waals surface area contributed by atoms with Gasteiger partial charge in [-0.2, -0.15) is 0 Å². The lowest BCUT2D eigenvalue weighted by molar-refractivity contribution is 0.121. The first kappa shape index (κ1) is 8.70. The van der Waals surface area contributed by atoms with Crippen molar-refractivity contribution >= 4 is 0 Å². The summed E-state index contributed by atoms with van der Waals surface area (Å²) in [4.78, 5) is 0. The third-order valence-corrected chi connectivity index (χ3v) is 1.07. The summed E-state index contributed by atoms with van der Waals surface area (Å²) in [6.07, 6.45) is 2.74. The number of rotatable bonds is 5. The monoisotopic (exact) mass is 127 g/mol. The van der Waals surface area contributed by atoms with E-state index < -0.39 is 0 Å². The molecular formula is C8H15O. The average Bonchev–Trinajstić information content (AvgIpc) is 1.89. The highest BCUT2D eigenvalue weighted by molar-refractivity contribution is 4.73. The Kier molecular flexibility index (Phi) is 5.64. The fourth-order valence-electron chi connectivity index (χ4n) is 0.439. The van der Waals surface area contributed by atoms with Gasteiger partial charge in [-0.05, 0) is 12.3 Å². The third-order valence-electron chi connectivity index (χ3n) is 1.07. The molecule has 1 nitrogen and oxygen atoms in total. The summed E-state index contributed by atoms with van der Waals surface area (Å²) in [7, 11) is 0. The standard InChI is InChI=1S/C8H15O/c1-4-6-9-7-8(3)5-2/h5,8H,1-2,4,6-7H2,3H3. The van der Waals surface area contributed by atoms with E-state index in [0.717, 1.165) is 19.6 Å². The van der Waals surface area contributed by atoms with Gasteiger partial charge in [-0.3, -0.25) is 0 Å². The van der Waals surface area contributed by atoms with Crippen molar-refractivity contribution in [3.63, 3.8) is 0 Å². The van der Waals surface area contributed by atoms with Crippen LogP contribution in [0.5, 0.6) is 0 Å². The van der Waals surface area contributed by atoms with Gasteiger partial charge in [-0.1, -0.05) is 19.9 Å². The zero-order valence-electron chi connectivity index (χ0n) is 6.10. The summed E-state index contributed by atoms with van der Waals surface area (Å²) in [5.41, 5.74) is 0. The molecule has 0 bridgehead atoms. The van der Waals surface area contributed by atoms with Crippen molar-refractivity contribution < 1.29 is 4.74 Å². The van der Waals surface area contributed by atoms with E-state index in [1.165, 1.54) is 0 Å². The van der Waals surface area contributed by atoms with Gasteiger partial charge in [0.05, 0.1) is 6.61 Å². The first-order valence-corrected chi connectivity index (χ1v) is 3.30. The number of ether oxygens (including phenoxy) is 1. The van der Waals surface area contributed by atoms with E-state index >= 15 is 0 Å². The fourth-order valence-corrected chi connectivity index (χ4v) is 0.439. The van der Waals surface area contributed by atoms with Gasteiger partial charge in [0.25, 0.3) is 0 Å². The molecule has 0 heterocycles. The van der Waals surface area contributed by atoms with Crippen LogP contribution < -0.4 is 0 Å². The van der Waals surface area contributed by atoms with Gasteiger partial charge in [0.15, 0.2) is 0 Å². The molecule has 0 saturated carbocycles. The fraction of sp³-hybridized carbons (Fsp3) is 0.625. The molecule has 9 heavy (non-hydrogen) atoms. The Morgan fingerprint density at radius 3 is 2.78 bits per heavy atom. The van der Waals surface area contributed by atoms with Crippen LogP contribution >= 0.6 is 0 Å². The molecule has 0 aromatic heterocycles. The van der Waals surface area contributed by atoms with E-state index in [2.05, 4.69) is 20.4 Å². The minimum absolute atomic E-state index is 0.469. The molecule has 1 radical (unpaired) electrons. The Hall–Kier alpha value is -0.300. The number of hydrogen-bond acceptors (Lipinski definition) is 1. The molecule has 53 valence electrons. The van der Waals surface area contributed by atoms with Crippen LogP contribution in [0.25, 0.3) is 0 Å². The highest BCUT2D eigenvalue weighted by Gasteiger charge is 1.92. The van der Waals surface area contributed by atoms with Crippen molar-refractivity contribution in [2.45, 2.75) is 13.3 Å². The molecule has 0 amide bonds. The Labute approximate surface area is 57.7 Å². The van der Waals surface area contributed by atoms with E-state index in [4.69, 9.17) is 4.74 Å². The lowest BCUT2D eigenvalue weighted by Crippen LogP contribution is -2.02. The highest BCUT2D eigenvalue weighted by Crippen LogP contribution is 1.95. The van der Waals surface area contributed by atoms with Gasteiger partial charge in [0, 0.05) is 6.61 Å². The van der Waals surface area contributed by atoms with Crippen molar-refractivity contribution in [2.24, 2.45) is 5.92 Å². The van der Waals surface area contributed by atoms with Gasteiger partial charge < -0.3 is 4.74 Å². The van der Waals surface area contributed by atoms with Crippen LogP contribution in [0.1, 0.15) is 13.3 Å². The first-order valence-electron chi connectivity index (χ1n) is 3.30. The first-order chi connectivity index (χ1) is 4.31. The molecule has 0 aromatic rings. The maximum Gasteiger partial charge on any atom is 0.0526 e. The van der Waals surface area contributed by atoms with Crippen molar-refractivity contribution in [1.29, 1.82) is 0 Å². The number of hydrogen-bond donors (Lipinski definition) is 0. The molecule has 0 aliphatic carbocycles. The summed E-state index contributed by atoms with van der Waals surface area (Å²) >= 11 is 0. The summed E-state index contributed by atoms with van der Waals surface area (Å²) in [6, 6.07) is 0. The van der Waals surface area contributed by atoms with Crippen LogP contribution in [-0.2, 0) is 4.74 Å². The quantitative estimate of drug-likeness (QED) is 0.405. The second-order valence-corrected chi connectivity index (χ2v) is 2.14. The maximum atomic E-state index is 5.20. The van der Waals surface area contributed by atoms with Gasteiger partial charge >= 0.3 is 0 Å². The van der Waals surface area contributed by atoms with Crippen LogP contribution in [0.4, 0.5) is 0 Å².